The second kappa shape index (κ2) is 9.00. The highest BCUT2D eigenvalue weighted by molar-refractivity contribution is 6.02. The summed E-state index contributed by atoms with van der Waals surface area (Å²) in [5.41, 5.74) is 3.77. The van der Waals surface area contributed by atoms with Crippen molar-refractivity contribution in [2.45, 2.75) is 39.0 Å². The highest BCUT2D eigenvalue weighted by Crippen LogP contribution is 2.38. The summed E-state index contributed by atoms with van der Waals surface area (Å²) in [6, 6.07) is 11.7. The molecule has 0 bridgehead atoms. The molecule has 2 aromatic rings. The molecule has 1 N–H and O–H groups in total. The number of para-hydroxylation sites is 1. The van der Waals surface area contributed by atoms with Gasteiger partial charge in [0.2, 0.25) is 11.8 Å². The average molecular weight is 423 g/mol. The molecule has 1 aliphatic carbocycles. The topological polar surface area (TPSA) is 67.9 Å². The summed E-state index contributed by atoms with van der Waals surface area (Å²) in [5.74, 6) is 0.543. The molecule has 6 heteroatoms. The van der Waals surface area contributed by atoms with Crippen LogP contribution in [0.25, 0.3) is 0 Å². The van der Waals surface area contributed by atoms with Gasteiger partial charge < -0.3 is 19.7 Å². The zero-order valence-electron chi connectivity index (χ0n) is 18.4. The molecule has 1 aliphatic heterocycles. The van der Waals surface area contributed by atoms with Crippen molar-refractivity contribution in [2.75, 3.05) is 31.0 Å². The van der Waals surface area contributed by atoms with Crippen LogP contribution in [0.2, 0.25) is 0 Å². The van der Waals surface area contributed by atoms with Crippen LogP contribution in [0.15, 0.2) is 36.4 Å². The number of fused-ring (bicyclic) bond motifs is 1. The van der Waals surface area contributed by atoms with Crippen LogP contribution in [0.3, 0.4) is 0 Å². The summed E-state index contributed by atoms with van der Waals surface area (Å²) in [7, 11) is 3.16. The van der Waals surface area contributed by atoms with Gasteiger partial charge >= 0.3 is 0 Å². The first-order chi connectivity index (χ1) is 15.0. The minimum absolute atomic E-state index is 0.0776. The van der Waals surface area contributed by atoms with Gasteiger partial charge in [0.1, 0.15) is 0 Å². The van der Waals surface area contributed by atoms with Crippen molar-refractivity contribution in [1.82, 2.24) is 0 Å². The number of benzene rings is 2. The number of carbonyl (C=O) groups excluding carboxylic acids is 2. The van der Waals surface area contributed by atoms with Crippen molar-refractivity contribution < 1.29 is 19.1 Å². The number of nitrogens with one attached hydrogen (secondary N) is 1. The molecule has 2 aromatic carbocycles. The van der Waals surface area contributed by atoms with E-state index in [9.17, 15) is 9.59 Å². The van der Waals surface area contributed by atoms with Crippen molar-refractivity contribution in [3.8, 4) is 11.5 Å². The Labute approximate surface area is 183 Å². The molecule has 164 valence electrons. The fourth-order valence-electron chi connectivity index (χ4n) is 4.85. The van der Waals surface area contributed by atoms with Crippen LogP contribution in [0.1, 0.15) is 36.8 Å². The number of anilines is 2. The van der Waals surface area contributed by atoms with Crippen molar-refractivity contribution in [2.24, 2.45) is 11.8 Å². The number of nitrogens with zero attached hydrogens (tertiary/aromatic N) is 1. The van der Waals surface area contributed by atoms with Crippen molar-refractivity contribution >= 4 is 23.2 Å². The average Bonchev–Trinajstić information content (AvgIpc) is 3.23. The lowest BCUT2D eigenvalue weighted by molar-refractivity contribution is -0.132. The first-order valence-electron chi connectivity index (χ1n) is 11.0. The normalized spacial score (nSPS) is 20.2. The molecule has 0 radical (unpaired) electrons. The Bertz CT molecular complexity index is 987. The maximum Gasteiger partial charge on any atom is 0.230 e. The second-order valence-corrected chi connectivity index (χ2v) is 8.38. The highest BCUT2D eigenvalue weighted by Gasteiger charge is 2.39. The molecule has 31 heavy (non-hydrogen) atoms. The summed E-state index contributed by atoms with van der Waals surface area (Å²) in [5, 5.41) is 3.06. The van der Waals surface area contributed by atoms with Crippen molar-refractivity contribution in [3.05, 3.63) is 47.5 Å². The summed E-state index contributed by atoms with van der Waals surface area (Å²) in [6.45, 7) is 2.61. The number of amides is 2. The molecule has 6 nitrogen and oxygen atoms in total. The second-order valence-electron chi connectivity index (χ2n) is 8.38. The molecule has 2 aliphatic rings. The molecule has 1 fully saturated rings. The van der Waals surface area contributed by atoms with Crippen LogP contribution in [0.4, 0.5) is 11.4 Å². The standard InChI is InChI=1S/C25H30N2O4/c1-16-14-22(30-2)23(31-3)15-20(16)26-24(28)18-9-5-6-10-19(18)25(29)27-13-12-17-8-4-7-11-21(17)27/h4,7-8,11,14-15,18-19H,5-6,9-10,12-13H2,1-3H3,(H,26,28). The molecule has 1 saturated carbocycles. The summed E-state index contributed by atoms with van der Waals surface area (Å²) >= 11 is 0. The SMILES string of the molecule is COc1cc(C)c(NC(=O)C2CCCCC2C(=O)N2CCc3ccccc32)cc1OC. The predicted molar refractivity (Wildman–Crippen MR) is 121 cm³/mol. The van der Waals surface area contributed by atoms with Gasteiger partial charge in [-0.2, -0.15) is 0 Å². The van der Waals surface area contributed by atoms with E-state index in [1.54, 1.807) is 20.3 Å². The van der Waals surface area contributed by atoms with Crippen molar-refractivity contribution in [3.63, 3.8) is 0 Å². The van der Waals surface area contributed by atoms with Crippen LogP contribution >= 0.6 is 0 Å². The monoisotopic (exact) mass is 422 g/mol. The number of methoxy groups -OCH3 is 2. The molecule has 4 rings (SSSR count). The van der Waals surface area contributed by atoms with Crippen LogP contribution in [0, 0.1) is 18.8 Å². The fraction of sp³-hybridized carbons (Fsp3) is 0.440. The third-order valence-electron chi connectivity index (χ3n) is 6.56. The van der Waals surface area contributed by atoms with Gasteiger partial charge in [0.25, 0.3) is 0 Å². The molecule has 0 saturated heterocycles. The zero-order chi connectivity index (χ0) is 22.0. The predicted octanol–water partition coefficient (Wildman–Crippen LogP) is 4.35. The van der Waals surface area contributed by atoms with E-state index in [1.807, 2.05) is 36.1 Å². The number of carbonyl (C=O) groups is 2. The third-order valence-corrected chi connectivity index (χ3v) is 6.56. The number of rotatable bonds is 5. The lowest BCUT2D eigenvalue weighted by Crippen LogP contribution is -2.43. The van der Waals surface area contributed by atoms with Crippen LogP contribution in [0.5, 0.6) is 11.5 Å². The van der Waals surface area contributed by atoms with Crippen molar-refractivity contribution in [1.29, 1.82) is 0 Å². The van der Waals surface area contributed by atoms with Gasteiger partial charge in [0.15, 0.2) is 11.5 Å². The highest BCUT2D eigenvalue weighted by atomic mass is 16.5. The van der Waals surface area contributed by atoms with Crippen LogP contribution in [-0.2, 0) is 16.0 Å². The molecule has 0 spiro atoms. The number of hydrogen-bond acceptors (Lipinski definition) is 4. The van der Waals surface area contributed by atoms with E-state index < -0.39 is 0 Å². The molecule has 0 aromatic heterocycles. The molecule has 2 unspecified atom stereocenters. The Kier molecular flexibility index (Phi) is 6.16. The fourth-order valence-corrected chi connectivity index (χ4v) is 4.85. The third kappa shape index (κ3) is 4.11. The van der Waals surface area contributed by atoms with Gasteiger partial charge in [-0.05, 0) is 49.4 Å². The van der Waals surface area contributed by atoms with E-state index in [2.05, 4.69) is 11.4 Å². The van der Waals surface area contributed by atoms with Gasteiger partial charge in [-0.1, -0.05) is 31.0 Å². The Morgan fingerprint density at radius 2 is 1.68 bits per heavy atom. The maximum atomic E-state index is 13.5. The number of hydrogen-bond donors (Lipinski definition) is 1. The Morgan fingerprint density at radius 3 is 2.42 bits per heavy atom. The van der Waals surface area contributed by atoms with E-state index >= 15 is 0 Å². The van der Waals surface area contributed by atoms with E-state index in [-0.39, 0.29) is 23.7 Å². The van der Waals surface area contributed by atoms with E-state index in [0.29, 0.717) is 23.7 Å². The minimum Gasteiger partial charge on any atom is -0.493 e. The summed E-state index contributed by atoms with van der Waals surface area (Å²) in [6.07, 6.45) is 4.29. The summed E-state index contributed by atoms with van der Waals surface area (Å²) in [4.78, 5) is 28.7. The first kappa shape index (κ1) is 21.2. The molecule has 2 atom stereocenters. The Balaban J connectivity index is 1.54. The van der Waals surface area contributed by atoms with Gasteiger partial charge in [-0.25, -0.2) is 0 Å². The lowest BCUT2D eigenvalue weighted by Gasteiger charge is -2.33. The molecular weight excluding hydrogens is 392 g/mol. The van der Waals surface area contributed by atoms with Crippen LogP contribution < -0.4 is 19.7 Å². The molecule has 2 amide bonds. The largest absolute Gasteiger partial charge is 0.493 e. The van der Waals surface area contributed by atoms with E-state index in [0.717, 1.165) is 43.4 Å². The quantitative estimate of drug-likeness (QED) is 0.778. The van der Waals surface area contributed by atoms with Gasteiger partial charge in [-0.3, -0.25) is 9.59 Å². The molecule has 1 heterocycles. The smallest absolute Gasteiger partial charge is 0.230 e. The Hall–Kier alpha value is -3.02. The summed E-state index contributed by atoms with van der Waals surface area (Å²) < 4.78 is 10.7. The lowest BCUT2D eigenvalue weighted by atomic mass is 9.77. The Morgan fingerprint density at radius 1 is 1.00 bits per heavy atom. The van der Waals surface area contributed by atoms with E-state index in [4.69, 9.17) is 9.47 Å². The number of aryl methyl sites for hydroxylation is 1. The maximum absolute atomic E-state index is 13.5. The number of ether oxygens (including phenoxy) is 2. The van der Waals surface area contributed by atoms with Gasteiger partial charge in [0.05, 0.1) is 20.1 Å². The van der Waals surface area contributed by atoms with Gasteiger partial charge in [-0.15, -0.1) is 0 Å². The van der Waals surface area contributed by atoms with Gasteiger partial charge in [0, 0.05) is 29.9 Å². The van der Waals surface area contributed by atoms with E-state index in [1.165, 1.54) is 5.56 Å². The molecular formula is C25H30N2O4. The van der Waals surface area contributed by atoms with Crippen LogP contribution in [-0.4, -0.2) is 32.6 Å². The first-order valence-corrected chi connectivity index (χ1v) is 11.0. The zero-order valence-corrected chi connectivity index (χ0v) is 18.4. The minimum atomic E-state index is -0.332.